The first kappa shape index (κ1) is 21.7. The minimum Gasteiger partial charge on any atom is -0.494 e. The Morgan fingerprint density at radius 2 is 1.94 bits per heavy atom. The van der Waals surface area contributed by atoms with E-state index in [-0.39, 0.29) is 18.2 Å². The average molecular weight is 447 g/mol. The first-order valence-electron chi connectivity index (χ1n) is 10.0. The molecule has 4 rings (SSSR count). The van der Waals surface area contributed by atoms with Crippen LogP contribution in [0.3, 0.4) is 0 Å². The van der Waals surface area contributed by atoms with Crippen molar-refractivity contribution in [3.8, 4) is 22.9 Å². The van der Waals surface area contributed by atoms with Gasteiger partial charge in [0.1, 0.15) is 17.5 Å². The molecule has 0 N–H and O–H groups in total. The van der Waals surface area contributed by atoms with Crippen molar-refractivity contribution in [2.24, 2.45) is 0 Å². The highest BCUT2D eigenvalue weighted by Crippen LogP contribution is 2.35. The molecule has 0 radical (unpaired) electrons. The van der Waals surface area contributed by atoms with Gasteiger partial charge in [0, 0.05) is 18.5 Å². The summed E-state index contributed by atoms with van der Waals surface area (Å²) in [4.78, 5) is 18.5. The lowest BCUT2D eigenvalue weighted by molar-refractivity contribution is -0.274. The van der Waals surface area contributed by atoms with Crippen LogP contribution >= 0.6 is 0 Å². The fraction of sp³-hybridized carbons (Fsp3) is 0.318. The van der Waals surface area contributed by atoms with Gasteiger partial charge >= 0.3 is 6.36 Å². The summed E-state index contributed by atoms with van der Waals surface area (Å²) in [7, 11) is 0. The van der Waals surface area contributed by atoms with Crippen LogP contribution in [0.15, 0.2) is 53.1 Å². The monoisotopic (exact) mass is 447 g/mol. The SMILES string of the molecule is CCOc1cccc(-c2noc(C3CCC(=O)N3Cc3ccc(OC(F)(F)F)cc3)n2)c1. The zero-order valence-corrected chi connectivity index (χ0v) is 17.1. The summed E-state index contributed by atoms with van der Waals surface area (Å²) in [6, 6.07) is 12.3. The van der Waals surface area contributed by atoms with E-state index in [9.17, 15) is 18.0 Å². The number of ether oxygens (including phenoxy) is 2. The highest BCUT2D eigenvalue weighted by Gasteiger charge is 2.36. The second-order valence-electron chi connectivity index (χ2n) is 7.18. The van der Waals surface area contributed by atoms with E-state index in [4.69, 9.17) is 9.26 Å². The van der Waals surface area contributed by atoms with E-state index >= 15 is 0 Å². The van der Waals surface area contributed by atoms with E-state index in [0.717, 1.165) is 5.56 Å². The molecule has 168 valence electrons. The summed E-state index contributed by atoms with van der Waals surface area (Å²) in [6.07, 6.45) is -3.93. The van der Waals surface area contributed by atoms with Gasteiger partial charge in [-0.25, -0.2) is 0 Å². The van der Waals surface area contributed by atoms with Crippen LogP contribution in [0.5, 0.6) is 11.5 Å². The maximum absolute atomic E-state index is 12.5. The summed E-state index contributed by atoms with van der Waals surface area (Å²) >= 11 is 0. The predicted octanol–water partition coefficient (Wildman–Crippen LogP) is 4.90. The fourth-order valence-corrected chi connectivity index (χ4v) is 3.56. The van der Waals surface area contributed by atoms with Crippen molar-refractivity contribution in [2.75, 3.05) is 6.61 Å². The summed E-state index contributed by atoms with van der Waals surface area (Å²) in [5.41, 5.74) is 1.38. The Balaban J connectivity index is 1.49. The number of hydrogen-bond donors (Lipinski definition) is 0. The van der Waals surface area contributed by atoms with Crippen molar-refractivity contribution in [1.82, 2.24) is 15.0 Å². The highest BCUT2D eigenvalue weighted by atomic mass is 19.4. The van der Waals surface area contributed by atoms with Crippen molar-refractivity contribution in [1.29, 1.82) is 0 Å². The molecule has 1 atom stereocenters. The van der Waals surface area contributed by atoms with Gasteiger partial charge in [0.15, 0.2) is 0 Å². The summed E-state index contributed by atoms with van der Waals surface area (Å²) in [5.74, 6) is 0.969. The molecule has 1 aliphatic heterocycles. The van der Waals surface area contributed by atoms with E-state index in [1.54, 1.807) is 11.0 Å². The van der Waals surface area contributed by atoms with Gasteiger partial charge in [0.2, 0.25) is 17.6 Å². The molecule has 1 amide bonds. The zero-order chi connectivity index (χ0) is 22.7. The van der Waals surface area contributed by atoms with Crippen LogP contribution in [0, 0.1) is 0 Å². The molecular formula is C22H20F3N3O4. The number of rotatable bonds is 7. The van der Waals surface area contributed by atoms with Crippen molar-refractivity contribution in [3.63, 3.8) is 0 Å². The maximum atomic E-state index is 12.5. The number of benzene rings is 2. The summed E-state index contributed by atoms with van der Waals surface area (Å²) in [6.45, 7) is 2.62. The van der Waals surface area contributed by atoms with Gasteiger partial charge in [-0.3, -0.25) is 4.79 Å². The molecule has 7 nitrogen and oxygen atoms in total. The van der Waals surface area contributed by atoms with Crippen LogP contribution in [-0.2, 0) is 11.3 Å². The van der Waals surface area contributed by atoms with Gasteiger partial charge in [-0.2, -0.15) is 4.98 Å². The van der Waals surface area contributed by atoms with Crippen LogP contribution in [-0.4, -0.2) is 33.9 Å². The molecule has 1 saturated heterocycles. The first-order valence-corrected chi connectivity index (χ1v) is 10.0. The maximum Gasteiger partial charge on any atom is 0.573 e. The van der Waals surface area contributed by atoms with E-state index in [0.29, 0.717) is 42.5 Å². The van der Waals surface area contributed by atoms with E-state index < -0.39 is 12.4 Å². The third-order valence-corrected chi connectivity index (χ3v) is 4.97. The quantitative estimate of drug-likeness (QED) is 0.513. The topological polar surface area (TPSA) is 77.7 Å². The number of hydrogen-bond acceptors (Lipinski definition) is 6. The highest BCUT2D eigenvalue weighted by molar-refractivity contribution is 5.78. The number of carbonyl (C=O) groups excluding carboxylic acids is 1. The molecule has 0 bridgehead atoms. The molecule has 2 heterocycles. The molecule has 0 saturated carbocycles. The molecule has 2 aromatic carbocycles. The molecule has 0 spiro atoms. The lowest BCUT2D eigenvalue weighted by Crippen LogP contribution is -2.27. The Morgan fingerprint density at radius 1 is 1.16 bits per heavy atom. The number of aromatic nitrogens is 2. The molecule has 3 aromatic rings. The van der Waals surface area contributed by atoms with Crippen molar-refractivity contribution in [3.05, 3.63) is 60.0 Å². The Morgan fingerprint density at radius 3 is 2.66 bits per heavy atom. The van der Waals surface area contributed by atoms with E-state index in [2.05, 4.69) is 14.9 Å². The van der Waals surface area contributed by atoms with Crippen molar-refractivity contribution >= 4 is 5.91 Å². The van der Waals surface area contributed by atoms with Gasteiger partial charge in [0.05, 0.1) is 6.61 Å². The smallest absolute Gasteiger partial charge is 0.494 e. The van der Waals surface area contributed by atoms with Gasteiger partial charge in [-0.1, -0.05) is 29.4 Å². The van der Waals surface area contributed by atoms with Gasteiger partial charge in [-0.05, 0) is 43.2 Å². The number of nitrogens with zero attached hydrogens (tertiary/aromatic N) is 3. The van der Waals surface area contributed by atoms with Crippen molar-refractivity contribution in [2.45, 2.75) is 38.7 Å². The minimum absolute atomic E-state index is 0.0938. The molecule has 1 fully saturated rings. The normalized spacial score (nSPS) is 16.4. The average Bonchev–Trinajstić information content (AvgIpc) is 3.36. The minimum atomic E-state index is -4.75. The number of halogens is 3. The summed E-state index contributed by atoms with van der Waals surface area (Å²) < 4.78 is 51.9. The Labute approximate surface area is 181 Å². The van der Waals surface area contributed by atoms with E-state index in [1.807, 2.05) is 25.1 Å². The number of carbonyl (C=O) groups is 1. The Kier molecular flexibility index (Phi) is 6.02. The molecule has 10 heteroatoms. The van der Waals surface area contributed by atoms with E-state index in [1.165, 1.54) is 24.3 Å². The van der Waals surface area contributed by atoms with Gasteiger partial charge in [-0.15, -0.1) is 13.2 Å². The standard InChI is InChI=1S/C22H20F3N3O4/c1-2-30-17-5-3-4-15(12-17)20-26-21(32-27-20)18-10-11-19(29)28(18)13-14-6-8-16(9-7-14)31-22(23,24)25/h3-9,12,18H,2,10-11,13H2,1H3. The molecule has 32 heavy (non-hydrogen) atoms. The number of likely N-dealkylation sites (tertiary alicyclic amines) is 1. The summed E-state index contributed by atoms with van der Waals surface area (Å²) in [5, 5.41) is 4.04. The molecule has 1 unspecified atom stereocenters. The van der Waals surface area contributed by atoms with Crippen LogP contribution in [0.4, 0.5) is 13.2 Å². The first-order chi connectivity index (χ1) is 15.3. The third-order valence-electron chi connectivity index (χ3n) is 4.97. The number of amides is 1. The van der Waals surface area contributed by atoms with Crippen LogP contribution in [0.1, 0.15) is 37.3 Å². The van der Waals surface area contributed by atoms with Gasteiger partial charge in [0.25, 0.3) is 0 Å². The van der Waals surface area contributed by atoms with Crippen LogP contribution in [0.2, 0.25) is 0 Å². The Hall–Kier alpha value is -3.56. The molecule has 0 aliphatic carbocycles. The van der Waals surface area contributed by atoms with Crippen LogP contribution < -0.4 is 9.47 Å². The van der Waals surface area contributed by atoms with Crippen molar-refractivity contribution < 1.29 is 32.0 Å². The van der Waals surface area contributed by atoms with Crippen LogP contribution in [0.25, 0.3) is 11.4 Å². The fourth-order valence-electron chi connectivity index (χ4n) is 3.56. The number of alkyl halides is 3. The third kappa shape index (κ3) is 5.01. The zero-order valence-electron chi connectivity index (χ0n) is 17.1. The molecular weight excluding hydrogens is 427 g/mol. The Bertz CT molecular complexity index is 1080. The molecule has 1 aliphatic rings. The second kappa shape index (κ2) is 8.89. The second-order valence-corrected chi connectivity index (χ2v) is 7.18. The lowest BCUT2D eigenvalue weighted by Gasteiger charge is -2.22. The predicted molar refractivity (Wildman–Crippen MR) is 107 cm³/mol. The largest absolute Gasteiger partial charge is 0.573 e. The lowest BCUT2D eigenvalue weighted by atomic mass is 10.1. The molecule has 1 aromatic heterocycles. The van der Waals surface area contributed by atoms with Gasteiger partial charge < -0.3 is 18.9 Å².